The van der Waals surface area contributed by atoms with Crippen molar-refractivity contribution in [2.45, 2.75) is 19.5 Å². The first-order valence-electron chi connectivity index (χ1n) is 9.47. The summed E-state index contributed by atoms with van der Waals surface area (Å²) in [5.41, 5.74) is 3.71. The average molecular weight is 498 g/mol. The standard InChI is InChI=1S/C20H30N6O.HI/c1-16-4-6-17(7-5-16)19(26-10-12-27-13-11-26)15-23-20(21-2)22-14-18-8-9-24-25(18)3;/h4-9,19H,10-15H2,1-3H3,(H2,21,22,23);1H. The second kappa shape index (κ2) is 11.4. The van der Waals surface area contributed by atoms with Gasteiger partial charge in [-0.05, 0) is 18.6 Å². The van der Waals surface area contributed by atoms with Crippen LogP contribution in [0.15, 0.2) is 41.5 Å². The number of nitrogens with one attached hydrogen (secondary N) is 2. The molecule has 28 heavy (non-hydrogen) atoms. The molecule has 1 aromatic heterocycles. The van der Waals surface area contributed by atoms with E-state index >= 15 is 0 Å². The van der Waals surface area contributed by atoms with Crippen molar-refractivity contribution in [2.75, 3.05) is 39.9 Å². The highest BCUT2D eigenvalue weighted by molar-refractivity contribution is 14.0. The number of halogens is 1. The molecule has 0 amide bonds. The van der Waals surface area contributed by atoms with Crippen LogP contribution in [-0.4, -0.2) is 60.5 Å². The van der Waals surface area contributed by atoms with E-state index in [9.17, 15) is 0 Å². The number of ether oxygens (including phenoxy) is 1. The van der Waals surface area contributed by atoms with E-state index in [1.54, 1.807) is 13.2 Å². The third-order valence-electron chi connectivity index (χ3n) is 4.99. The van der Waals surface area contributed by atoms with Crippen molar-refractivity contribution in [3.8, 4) is 0 Å². The molecule has 2 N–H and O–H groups in total. The van der Waals surface area contributed by atoms with Crippen LogP contribution in [0, 0.1) is 6.92 Å². The van der Waals surface area contributed by atoms with Crippen molar-refractivity contribution < 1.29 is 4.74 Å². The van der Waals surface area contributed by atoms with Gasteiger partial charge in [0.1, 0.15) is 0 Å². The lowest BCUT2D eigenvalue weighted by molar-refractivity contribution is 0.0170. The van der Waals surface area contributed by atoms with E-state index in [-0.39, 0.29) is 30.0 Å². The molecule has 0 spiro atoms. The van der Waals surface area contributed by atoms with E-state index in [0.29, 0.717) is 6.54 Å². The van der Waals surface area contributed by atoms with Gasteiger partial charge in [-0.3, -0.25) is 14.6 Å². The molecule has 1 aromatic carbocycles. The highest BCUT2D eigenvalue weighted by Crippen LogP contribution is 2.21. The minimum absolute atomic E-state index is 0. The fourth-order valence-electron chi connectivity index (χ4n) is 3.30. The number of guanidine groups is 1. The lowest BCUT2D eigenvalue weighted by Crippen LogP contribution is -2.46. The van der Waals surface area contributed by atoms with Gasteiger partial charge >= 0.3 is 0 Å². The molecule has 2 aromatic rings. The van der Waals surface area contributed by atoms with Crippen molar-refractivity contribution in [1.29, 1.82) is 0 Å². The van der Waals surface area contributed by atoms with Crippen LogP contribution in [0.4, 0.5) is 0 Å². The number of aryl methyl sites for hydroxylation is 2. The molecule has 7 nitrogen and oxygen atoms in total. The Balaban J connectivity index is 0.00000280. The molecule has 1 saturated heterocycles. The summed E-state index contributed by atoms with van der Waals surface area (Å²) in [5.74, 6) is 0.793. The summed E-state index contributed by atoms with van der Waals surface area (Å²) in [7, 11) is 3.74. The van der Waals surface area contributed by atoms with E-state index in [1.165, 1.54) is 11.1 Å². The minimum Gasteiger partial charge on any atom is -0.379 e. The number of rotatable bonds is 6. The Morgan fingerprint density at radius 1 is 1.18 bits per heavy atom. The Morgan fingerprint density at radius 2 is 1.89 bits per heavy atom. The van der Waals surface area contributed by atoms with Crippen LogP contribution in [-0.2, 0) is 18.3 Å². The van der Waals surface area contributed by atoms with Gasteiger partial charge in [-0.15, -0.1) is 24.0 Å². The summed E-state index contributed by atoms with van der Waals surface area (Å²) in [6, 6.07) is 11.1. The predicted octanol–water partition coefficient (Wildman–Crippen LogP) is 2.09. The normalized spacial score (nSPS) is 16.3. The molecule has 154 valence electrons. The molecule has 1 unspecified atom stereocenters. The quantitative estimate of drug-likeness (QED) is 0.363. The molecule has 0 aliphatic carbocycles. The number of hydrogen-bond acceptors (Lipinski definition) is 4. The molecule has 1 fully saturated rings. The van der Waals surface area contributed by atoms with Crippen LogP contribution < -0.4 is 10.6 Å². The van der Waals surface area contributed by atoms with Crippen LogP contribution >= 0.6 is 24.0 Å². The summed E-state index contributed by atoms with van der Waals surface area (Å²) in [6.45, 7) is 7.06. The molecule has 0 radical (unpaired) electrons. The van der Waals surface area contributed by atoms with Crippen molar-refractivity contribution in [2.24, 2.45) is 12.0 Å². The zero-order chi connectivity index (χ0) is 19.1. The number of aromatic nitrogens is 2. The van der Waals surface area contributed by atoms with E-state index in [2.05, 4.69) is 56.8 Å². The smallest absolute Gasteiger partial charge is 0.191 e. The maximum absolute atomic E-state index is 5.54. The van der Waals surface area contributed by atoms with Gasteiger partial charge in [-0.2, -0.15) is 5.10 Å². The fraction of sp³-hybridized carbons (Fsp3) is 0.500. The van der Waals surface area contributed by atoms with Crippen LogP contribution in [0.5, 0.6) is 0 Å². The first-order chi connectivity index (χ1) is 13.2. The lowest BCUT2D eigenvalue weighted by atomic mass is 10.0. The molecule has 0 bridgehead atoms. The Labute approximate surface area is 184 Å². The Bertz CT molecular complexity index is 739. The summed E-state index contributed by atoms with van der Waals surface area (Å²) >= 11 is 0. The van der Waals surface area contributed by atoms with Gasteiger partial charge in [0.2, 0.25) is 0 Å². The Hall–Kier alpha value is -1.65. The summed E-state index contributed by atoms with van der Waals surface area (Å²) in [6.07, 6.45) is 1.80. The van der Waals surface area contributed by atoms with Gasteiger partial charge < -0.3 is 15.4 Å². The van der Waals surface area contributed by atoms with Gasteiger partial charge in [0.05, 0.1) is 31.5 Å². The van der Waals surface area contributed by atoms with Crippen LogP contribution in [0.1, 0.15) is 22.9 Å². The van der Waals surface area contributed by atoms with Crippen molar-refractivity contribution in [1.82, 2.24) is 25.3 Å². The predicted molar refractivity (Wildman–Crippen MR) is 123 cm³/mol. The molecule has 1 aliphatic rings. The highest BCUT2D eigenvalue weighted by Gasteiger charge is 2.22. The monoisotopic (exact) mass is 498 g/mol. The molecular formula is C20H31IN6O. The van der Waals surface area contributed by atoms with Gasteiger partial charge in [0.15, 0.2) is 5.96 Å². The third kappa shape index (κ3) is 6.18. The zero-order valence-corrected chi connectivity index (χ0v) is 19.2. The maximum atomic E-state index is 5.54. The molecule has 3 rings (SSSR count). The summed E-state index contributed by atoms with van der Waals surface area (Å²) in [5, 5.41) is 11.1. The second-order valence-corrected chi connectivity index (χ2v) is 6.83. The Kier molecular flexibility index (Phi) is 9.20. The van der Waals surface area contributed by atoms with Crippen LogP contribution in [0.25, 0.3) is 0 Å². The summed E-state index contributed by atoms with van der Waals surface area (Å²) < 4.78 is 7.40. The molecule has 2 heterocycles. The van der Waals surface area contributed by atoms with Gasteiger partial charge in [-0.1, -0.05) is 29.8 Å². The number of benzene rings is 1. The SMILES string of the molecule is CN=C(NCc1ccnn1C)NCC(c1ccc(C)cc1)N1CCOCC1.I. The Morgan fingerprint density at radius 3 is 2.50 bits per heavy atom. The van der Waals surface area contributed by atoms with E-state index in [1.807, 2.05) is 17.8 Å². The lowest BCUT2D eigenvalue weighted by Gasteiger charge is -2.35. The topological polar surface area (TPSA) is 66.7 Å². The van der Waals surface area contributed by atoms with Crippen molar-refractivity contribution in [3.63, 3.8) is 0 Å². The molecule has 8 heteroatoms. The summed E-state index contributed by atoms with van der Waals surface area (Å²) in [4.78, 5) is 6.85. The zero-order valence-electron chi connectivity index (χ0n) is 16.9. The van der Waals surface area contributed by atoms with E-state index in [4.69, 9.17) is 4.74 Å². The molecule has 1 atom stereocenters. The number of nitrogens with zero attached hydrogens (tertiary/aromatic N) is 4. The largest absolute Gasteiger partial charge is 0.379 e. The molecular weight excluding hydrogens is 467 g/mol. The number of morpholine rings is 1. The van der Waals surface area contributed by atoms with Crippen LogP contribution in [0.3, 0.4) is 0 Å². The minimum atomic E-state index is 0. The van der Waals surface area contributed by atoms with Crippen LogP contribution in [0.2, 0.25) is 0 Å². The first-order valence-corrected chi connectivity index (χ1v) is 9.47. The van der Waals surface area contributed by atoms with Crippen molar-refractivity contribution in [3.05, 3.63) is 53.3 Å². The maximum Gasteiger partial charge on any atom is 0.191 e. The van der Waals surface area contributed by atoms with E-state index < -0.39 is 0 Å². The molecule has 1 aliphatic heterocycles. The second-order valence-electron chi connectivity index (χ2n) is 6.83. The number of aliphatic imine (C=N–C) groups is 1. The fourth-order valence-corrected chi connectivity index (χ4v) is 3.30. The third-order valence-corrected chi connectivity index (χ3v) is 4.99. The highest BCUT2D eigenvalue weighted by atomic mass is 127. The van der Waals surface area contributed by atoms with Gasteiger partial charge in [0, 0.05) is 39.9 Å². The molecule has 0 saturated carbocycles. The van der Waals surface area contributed by atoms with E-state index in [0.717, 1.165) is 44.5 Å². The van der Waals surface area contributed by atoms with Gasteiger partial charge in [-0.25, -0.2) is 0 Å². The van der Waals surface area contributed by atoms with Crippen molar-refractivity contribution >= 4 is 29.9 Å². The first kappa shape index (κ1) is 22.6. The number of hydrogen-bond donors (Lipinski definition) is 2. The van der Waals surface area contributed by atoms with Gasteiger partial charge in [0.25, 0.3) is 0 Å². The average Bonchev–Trinajstić information content (AvgIpc) is 3.11.